The van der Waals surface area contributed by atoms with E-state index in [1.807, 2.05) is 60.7 Å². The third-order valence-corrected chi connectivity index (χ3v) is 9.33. The summed E-state index contributed by atoms with van der Waals surface area (Å²) in [4.78, 5) is 15.1. The largest absolute Gasteiger partial charge is 0.208 e. The third kappa shape index (κ3) is 5.91. The molecule has 0 aliphatic heterocycles. The number of nitrogens with zero attached hydrogens (tertiary/aromatic N) is 3. The van der Waals surface area contributed by atoms with Crippen LogP contribution in [0.25, 0.3) is 78.7 Å². The topological polar surface area (TPSA) is 38.7 Å². The van der Waals surface area contributed by atoms with Crippen LogP contribution in [0.15, 0.2) is 176 Å². The van der Waals surface area contributed by atoms with Gasteiger partial charge in [-0.15, -0.1) is 0 Å². The van der Waals surface area contributed by atoms with Gasteiger partial charge in [0.1, 0.15) is 0 Å². The molecule has 238 valence electrons. The number of hydrogen-bond acceptors (Lipinski definition) is 3. The minimum Gasteiger partial charge on any atom is -0.208 e. The highest BCUT2D eigenvalue weighted by Crippen LogP contribution is 2.42. The molecule has 0 fully saturated rings. The van der Waals surface area contributed by atoms with Crippen molar-refractivity contribution in [3.05, 3.63) is 187 Å². The van der Waals surface area contributed by atoms with Crippen LogP contribution in [0.2, 0.25) is 0 Å². The van der Waals surface area contributed by atoms with Crippen molar-refractivity contribution >= 4 is 0 Å². The Morgan fingerprint density at radius 1 is 0.280 bits per heavy atom. The van der Waals surface area contributed by atoms with Crippen molar-refractivity contribution < 1.29 is 0 Å². The SMILES string of the molecule is C.c1ccc(-c2cc(-c3ccc4c(c3)-c3cc(-c5ccccc5)ccc3C4)cc(-c3nc(-c4ccccc4)nc(-c4ccccc4)n3)c2)cc1. The van der Waals surface area contributed by atoms with Gasteiger partial charge in [0.25, 0.3) is 0 Å². The summed E-state index contributed by atoms with van der Waals surface area (Å²) in [6.07, 6.45) is 0.949. The van der Waals surface area contributed by atoms with E-state index in [1.54, 1.807) is 0 Å². The van der Waals surface area contributed by atoms with E-state index in [0.717, 1.165) is 45.4 Å². The van der Waals surface area contributed by atoms with Crippen LogP contribution in [-0.2, 0) is 6.42 Å². The Hall–Kier alpha value is -6.45. The number of rotatable bonds is 6. The summed E-state index contributed by atoms with van der Waals surface area (Å²) in [7, 11) is 0. The lowest BCUT2D eigenvalue weighted by molar-refractivity contribution is 1.07. The maximum atomic E-state index is 5.07. The summed E-state index contributed by atoms with van der Waals surface area (Å²) in [6.45, 7) is 0. The molecule has 0 saturated heterocycles. The second-order valence-electron chi connectivity index (χ2n) is 12.5. The van der Waals surface area contributed by atoms with Gasteiger partial charge in [-0.05, 0) is 92.4 Å². The maximum absolute atomic E-state index is 5.07. The minimum atomic E-state index is 0. The fourth-order valence-corrected chi connectivity index (χ4v) is 6.82. The predicted octanol–water partition coefficient (Wildman–Crippen LogP) is 12.1. The Balaban J connectivity index is 0.00000361. The Bertz CT molecular complexity index is 2380. The fourth-order valence-electron chi connectivity index (χ4n) is 6.82. The molecule has 8 aromatic rings. The lowest BCUT2D eigenvalue weighted by atomic mass is 9.93. The van der Waals surface area contributed by atoms with Gasteiger partial charge >= 0.3 is 0 Å². The molecule has 0 N–H and O–H groups in total. The van der Waals surface area contributed by atoms with Crippen molar-refractivity contribution in [2.75, 3.05) is 0 Å². The zero-order chi connectivity index (χ0) is 32.6. The molecular formula is C47H35N3. The van der Waals surface area contributed by atoms with Crippen molar-refractivity contribution in [1.29, 1.82) is 0 Å². The lowest BCUT2D eigenvalue weighted by Crippen LogP contribution is -2.00. The van der Waals surface area contributed by atoms with Gasteiger partial charge in [-0.25, -0.2) is 15.0 Å². The van der Waals surface area contributed by atoms with Crippen LogP contribution in [0.5, 0.6) is 0 Å². The van der Waals surface area contributed by atoms with Gasteiger partial charge in [0, 0.05) is 16.7 Å². The summed E-state index contributed by atoms with van der Waals surface area (Å²) >= 11 is 0. The first-order valence-corrected chi connectivity index (χ1v) is 16.6. The van der Waals surface area contributed by atoms with Gasteiger partial charge in [-0.2, -0.15) is 0 Å². The van der Waals surface area contributed by atoms with Gasteiger partial charge in [0.05, 0.1) is 0 Å². The molecule has 0 spiro atoms. The highest BCUT2D eigenvalue weighted by atomic mass is 15.0. The quantitative estimate of drug-likeness (QED) is 0.181. The van der Waals surface area contributed by atoms with Crippen LogP contribution in [0.4, 0.5) is 0 Å². The first-order valence-electron chi connectivity index (χ1n) is 16.6. The fraction of sp³-hybridized carbons (Fsp3) is 0.0426. The molecule has 7 aromatic carbocycles. The predicted molar refractivity (Wildman–Crippen MR) is 207 cm³/mol. The summed E-state index contributed by atoms with van der Waals surface area (Å²) in [6, 6.07) is 62.0. The summed E-state index contributed by atoms with van der Waals surface area (Å²) in [5.74, 6) is 1.95. The first kappa shape index (κ1) is 30.9. The highest BCUT2D eigenvalue weighted by Gasteiger charge is 2.21. The van der Waals surface area contributed by atoms with Crippen molar-refractivity contribution in [1.82, 2.24) is 15.0 Å². The van der Waals surface area contributed by atoms with Crippen LogP contribution >= 0.6 is 0 Å². The zero-order valence-corrected chi connectivity index (χ0v) is 26.8. The summed E-state index contributed by atoms with van der Waals surface area (Å²) in [5.41, 5.74) is 15.2. The average Bonchev–Trinajstić information content (AvgIpc) is 3.56. The molecule has 1 aliphatic carbocycles. The summed E-state index contributed by atoms with van der Waals surface area (Å²) < 4.78 is 0. The molecule has 0 radical (unpaired) electrons. The molecule has 1 aliphatic rings. The molecule has 3 heteroatoms. The van der Waals surface area contributed by atoms with Crippen LogP contribution in [0.1, 0.15) is 18.6 Å². The van der Waals surface area contributed by atoms with Crippen molar-refractivity contribution in [3.63, 3.8) is 0 Å². The standard InChI is InChI=1S/C46H31N3.CH4/c1-5-13-31(14-6-1)35-21-23-37-25-38-24-22-36(30-43(38)42(37)29-35)40-26-39(32-15-7-2-8-16-32)27-41(28-40)46-48-44(33-17-9-3-10-18-33)47-45(49-46)34-19-11-4-12-20-34;/h1-24,26-30H,25H2;1H4. The second kappa shape index (κ2) is 13.2. The Morgan fingerprint density at radius 2 is 0.620 bits per heavy atom. The normalized spacial score (nSPS) is 11.4. The van der Waals surface area contributed by atoms with E-state index in [9.17, 15) is 0 Å². The average molecular weight is 642 g/mol. The Morgan fingerprint density at radius 3 is 1.08 bits per heavy atom. The monoisotopic (exact) mass is 641 g/mol. The molecule has 0 unspecified atom stereocenters. The molecule has 0 saturated carbocycles. The van der Waals surface area contributed by atoms with E-state index < -0.39 is 0 Å². The van der Waals surface area contributed by atoms with Gasteiger partial charge in [0.15, 0.2) is 17.5 Å². The van der Waals surface area contributed by atoms with Crippen molar-refractivity contribution in [2.45, 2.75) is 13.8 Å². The molecule has 3 nitrogen and oxygen atoms in total. The highest BCUT2D eigenvalue weighted by molar-refractivity contribution is 5.87. The second-order valence-corrected chi connectivity index (χ2v) is 12.5. The van der Waals surface area contributed by atoms with E-state index in [-0.39, 0.29) is 7.43 Å². The van der Waals surface area contributed by atoms with Gasteiger partial charge in [-0.3, -0.25) is 0 Å². The van der Waals surface area contributed by atoms with Crippen LogP contribution in [0.3, 0.4) is 0 Å². The van der Waals surface area contributed by atoms with Crippen molar-refractivity contribution in [2.24, 2.45) is 0 Å². The number of benzene rings is 7. The van der Waals surface area contributed by atoms with E-state index in [4.69, 9.17) is 15.0 Å². The molecule has 1 heterocycles. The van der Waals surface area contributed by atoms with Crippen LogP contribution in [-0.4, -0.2) is 15.0 Å². The third-order valence-electron chi connectivity index (χ3n) is 9.33. The Kier molecular flexibility index (Phi) is 8.16. The van der Waals surface area contributed by atoms with Gasteiger partial charge in [-0.1, -0.05) is 153 Å². The van der Waals surface area contributed by atoms with Gasteiger partial charge in [0.2, 0.25) is 0 Å². The maximum Gasteiger partial charge on any atom is 0.164 e. The van der Waals surface area contributed by atoms with Gasteiger partial charge < -0.3 is 0 Å². The van der Waals surface area contributed by atoms with Crippen LogP contribution in [0, 0.1) is 0 Å². The minimum absolute atomic E-state index is 0. The zero-order valence-electron chi connectivity index (χ0n) is 26.8. The molecular weight excluding hydrogens is 607 g/mol. The first-order chi connectivity index (χ1) is 24.2. The van der Waals surface area contributed by atoms with Crippen LogP contribution < -0.4 is 0 Å². The number of aromatic nitrogens is 3. The van der Waals surface area contributed by atoms with Crippen molar-refractivity contribution in [3.8, 4) is 78.7 Å². The number of hydrogen-bond donors (Lipinski definition) is 0. The number of fused-ring (bicyclic) bond motifs is 3. The molecule has 0 atom stereocenters. The molecule has 0 bridgehead atoms. The molecule has 50 heavy (non-hydrogen) atoms. The van der Waals surface area contributed by atoms with E-state index >= 15 is 0 Å². The summed E-state index contributed by atoms with van der Waals surface area (Å²) in [5, 5.41) is 0. The van der Waals surface area contributed by atoms with E-state index in [0.29, 0.717) is 17.5 Å². The lowest BCUT2D eigenvalue weighted by Gasteiger charge is -2.13. The smallest absolute Gasteiger partial charge is 0.164 e. The Labute approximate surface area is 293 Å². The molecule has 1 aromatic heterocycles. The molecule has 9 rings (SSSR count). The van der Waals surface area contributed by atoms with E-state index in [1.165, 1.54) is 33.4 Å². The van der Waals surface area contributed by atoms with E-state index in [2.05, 4.69) is 115 Å². The molecule has 0 amide bonds.